The van der Waals surface area contributed by atoms with Crippen LogP contribution in [0.25, 0.3) is 0 Å². The summed E-state index contributed by atoms with van der Waals surface area (Å²) in [6.45, 7) is 1.50. The Bertz CT molecular complexity index is 147. The summed E-state index contributed by atoms with van der Waals surface area (Å²) in [6.07, 6.45) is 1.14. The van der Waals surface area contributed by atoms with E-state index in [1.807, 2.05) is 0 Å². The lowest BCUT2D eigenvalue weighted by Crippen LogP contribution is -2.17. The summed E-state index contributed by atoms with van der Waals surface area (Å²) in [5, 5.41) is 0. The van der Waals surface area contributed by atoms with Gasteiger partial charge in [-0.05, 0) is 6.92 Å². The molecule has 50 valence electrons. The molecule has 0 spiro atoms. The molecule has 0 bridgehead atoms. The Kier molecular flexibility index (Phi) is 2.43. The van der Waals surface area contributed by atoms with E-state index < -0.39 is 15.3 Å². The summed E-state index contributed by atoms with van der Waals surface area (Å²) in [7, 11) is -1.61. The molecule has 0 fully saturated rings. The van der Waals surface area contributed by atoms with Crippen LogP contribution < -0.4 is 0 Å². The molecule has 1 unspecified atom stereocenters. The van der Waals surface area contributed by atoms with Crippen molar-refractivity contribution in [2.24, 2.45) is 0 Å². The fourth-order valence-corrected chi connectivity index (χ4v) is 0.524. The first-order valence-electron chi connectivity index (χ1n) is 2.20. The Morgan fingerprint density at radius 2 is 1.88 bits per heavy atom. The molecular formula is C4H10O3S. The van der Waals surface area contributed by atoms with Gasteiger partial charge in [0.1, 0.15) is 0 Å². The van der Waals surface area contributed by atoms with Crippen LogP contribution in [-0.2, 0) is 14.6 Å². The molecule has 0 aliphatic rings. The van der Waals surface area contributed by atoms with E-state index in [0.29, 0.717) is 0 Å². The van der Waals surface area contributed by atoms with Crippen LogP contribution >= 0.6 is 0 Å². The number of hydrogen-bond acceptors (Lipinski definition) is 3. The van der Waals surface area contributed by atoms with Gasteiger partial charge >= 0.3 is 0 Å². The summed E-state index contributed by atoms with van der Waals surface area (Å²) in [4.78, 5) is 0. The normalized spacial score (nSPS) is 15.9. The molecule has 0 radical (unpaired) electrons. The molecule has 0 rings (SSSR count). The third-order valence-corrected chi connectivity index (χ3v) is 2.33. The van der Waals surface area contributed by atoms with Crippen molar-refractivity contribution in [1.82, 2.24) is 0 Å². The highest BCUT2D eigenvalue weighted by Gasteiger charge is 2.11. The zero-order chi connectivity index (χ0) is 6.78. The van der Waals surface area contributed by atoms with Gasteiger partial charge < -0.3 is 4.74 Å². The molecule has 0 heterocycles. The molecule has 0 N–H and O–H groups in total. The molecule has 0 aromatic carbocycles. The second-order valence-electron chi connectivity index (χ2n) is 1.63. The number of sulfone groups is 1. The number of ether oxygens (including phenoxy) is 1. The molecule has 0 aromatic heterocycles. The number of rotatable bonds is 2. The lowest BCUT2D eigenvalue weighted by molar-refractivity contribution is 0.178. The van der Waals surface area contributed by atoms with Gasteiger partial charge in [-0.2, -0.15) is 0 Å². The molecule has 0 amide bonds. The molecule has 3 nitrogen and oxygen atoms in total. The summed E-state index contributed by atoms with van der Waals surface area (Å²) in [5.74, 6) is 0. The second-order valence-corrected chi connectivity index (χ2v) is 3.96. The first kappa shape index (κ1) is 7.91. The van der Waals surface area contributed by atoms with Crippen LogP contribution in [0.1, 0.15) is 6.92 Å². The van der Waals surface area contributed by atoms with Gasteiger partial charge in [0, 0.05) is 13.4 Å². The van der Waals surface area contributed by atoms with Crippen molar-refractivity contribution in [3.63, 3.8) is 0 Å². The van der Waals surface area contributed by atoms with Gasteiger partial charge in [0.2, 0.25) is 0 Å². The fraction of sp³-hybridized carbons (Fsp3) is 1.00. The average molecular weight is 138 g/mol. The maximum atomic E-state index is 10.4. The SMILES string of the molecule is COC(C)S(C)(=O)=O. The van der Waals surface area contributed by atoms with Crippen molar-refractivity contribution in [2.45, 2.75) is 12.4 Å². The topological polar surface area (TPSA) is 43.4 Å². The minimum Gasteiger partial charge on any atom is -0.366 e. The van der Waals surface area contributed by atoms with E-state index in [1.54, 1.807) is 0 Å². The van der Waals surface area contributed by atoms with E-state index in [0.717, 1.165) is 6.26 Å². The lowest BCUT2D eigenvalue weighted by atomic mass is 10.9. The van der Waals surface area contributed by atoms with Crippen molar-refractivity contribution in [3.05, 3.63) is 0 Å². The third kappa shape index (κ3) is 2.28. The van der Waals surface area contributed by atoms with Gasteiger partial charge in [0.25, 0.3) is 0 Å². The summed E-state index contributed by atoms with van der Waals surface area (Å²) in [6, 6.07) is 0. The maximum Gasteiger partial charge on any atom is 0.173 e. The fourth-order valence-electron chi connectivity index (χ4n) is 0.175. The van der Waals surface area contributed by atoms with Gasteiger partial charge in [-0.25, -0.2) is 8.42 Å². The van der Waals surface area contributed by atoms with Crippen LogP contribution in [0.4, 0.5) is 0 Å². The quantitative estimate of drug-likeness (QED) is 0.540. The van der Waals surface area contributed by atoms with Crippen LogP contribution in [0, 0.1) is 0 Å². The van der Waals surface area contributed by atoms with E-state index in [1.165, 1.54) is 14.0 Å². The van der Waals surface area contributed by atoms with Crippen molar-refractivity contribution in [2.75, 3.05) is 13.4 Å². The predicted octanol–water partition coefficient (Wildman–Crippen LogP) is 0.0234. The molecule has 0 aromatic rings. The largest absolute Gasteiger partial charge is 0.366 e. The number of methoxy groups -OCH3 is 1. The third-order valence-electron chi connectivity index (χ3n) is 0.935. The van der Waals surface area contributed by atoms with Crippen molar-refractivity contribution in [1.29, 1.82) is 0 Å². The first-order valence-corrected chi connectivity index (χ1v) is 4.15. The summed E-state index contributed by atoms with van der Waals surface area (Å²) in [5.41, 5.74) is -0.678. The first-order chi connectivity index (χ1) is 3.48. The Hall–Kier alpha value is -0.0900. The smallest absolute Gasteiger partial charge is 0.173 e. The molecular weight excluding hydrogens is 128 g/mol. The van der Waals surface area contributed by atoms with Gasteiger partial charge in [0.15, 0.2) is 15.3 Å². The van der Waals surface area contributed by atoms with Crippen LogP contribution in [-0.4, -0.2) is 27.2 Å². The van der Waals surface area contributed by atoms with Crippen LogP contribution in [0.3, 0.4) is 0 Å². The monoisotopic (exact) mass is 138 g/mol. The summed E-state index contributed by atoms with van der Waals surface area (Å²) < 4.78 is 25.4. The van der Waals surface area contributed by atoms with E-state index in [2.05, 4.69) is 4.74 Å². The van der Waals surface area contributed by atoms with E-state index in [4.69, 9.17) is 0 Å². The van der Waals surface area contributed by atoms with Crippen LogP contribution in [0.15, 0.2) is 0 Å². The highest BCUT2D eigenvalue weighted by molar-refractivity contribution is 7.91. The van der Waals surface area contributed by atoms with Gasteiger partial charge in [0.05, 0.1) is 0 Å². The van der Waals surface area contributed by atoms with E-state index >= 15 is 0 Å². The van der Waals surface area contributed by atoms with Crippen molar-refractivity contribution < 1.29 is 13.2 Å². The zero-order valence-electron chi connectivity index (χ0n) is 5.21. The second kappa shape index (κ2) is 2.46. The Morgan fingerprint density at radius 3 is 1.88 bits per heavy atom. The van der Waals surface area contributed by atoms with Crippen LogP contribution in [0.5, 0.6) is 0 Å². The Morgan fingerprint density at radius 1 is 1.50 bits per heavy atom. The standard InChI is InChI=1S/C4H10O3S/c1-4(7-2)8(3,5)6/h4H,1-3H3. The van der Waals surface area contributed by atoms with Crippen LogP contribution in [0.2, 0.25) is 0 Å². The average Bonchev–Trinajstić information content (AvgIpc) is 1.62. The molecule has 0 aliphatic heterocycles. The molecule has 8 heavy (non-hydrogen) atoms. The van der Waals surface area contributed by atoms with Gasteiger partial charge in [-0.1, -0.05) is 0 Å². The van der Waals surface area contributed by atoms with Crippen molar-refractivity contribution in [3.8, 4) is 0 Å². The minimum absolute atomic E-state index is 0.678. The highest BCUT2D eigenvalue weighted by Crippen LogP contribution is 1.95. The predicted molar refractivity (Wildman–Crippen MR) is 31.3 cm³/mol. The summed E-state index contributed by atoms with van der Waals surface area (Å²) >= 11 is 0. The lowest BCUT2D eigenvalue weighted by Gasteiger charge is -2.03. The van der Waals surface area contributed by atoms with Gasteiger partial charge in [-0.3, -0.25) is 0 Å². The van der Waals surface area contributed by atoms with Gasteiger partial charge in [-0.15, -0.1) is 0 Å². The highest BCUT2D eigenvalue weighted by atomic mass is 32.2. The minimum atomic E-state index is -2.98. The molecule has 4 heteroatoms. The molecule has 0 saturated heterocycles. The Balaban J connectivity index is 4.04. The maximum absolute atomic E-state index is 10.4. The van der Waals surface area contributed by atoms with Crippen molar-refractivity contribution >= 4 is 9.84 Å². The van der Waals surface area contributed by atoms with E-state index in [-0.39, 0.29) is 0 Å². The molecule has 0 aliphatic carbocycles. The molecule has 0 saturated carbocycles. The molecule has 1 atom stereocenters. The number of hydrogen-bond donors (Lipinski definition) is 0. The van der Waals surface area contributed by atoms with E-state index in [9.17, 15) is 8.42 Å². The zero-order valence-corrected chi connectivity index (χ0v) is 6.03. The Labute approximate surface area is 49.6 Å².